The van der Waals surface area contributed by atoms with Gasteiger partial charge in [-0.05, 0) is 12.1 Å². The third-order valence-corrected chi connectivity index (χ3v) is 8.50. The number of imide groups is 1. The Labute approximate surface area is 255 Å². The molecule has 0 spiro atoms. The Morgan fingerprint density at radius 3 is 2.20 bits per heavy atom. The molecule has 7 rings (SSSR count). The molecule has 1 saturated heterocycles. The van der Waals surface area contributed by atoms with Gasteiger partial charge in [0.2, 0.25) is 0 Å². The van der Waals surface area contributed by atoms with Crippen molar-refractivity contribution in [2.45, 2.75) is 51.7 Å². The molecule has 0 bridgehead atoms. The van der Waals surface area contributed by atoms with Crippen molar-refractivity contribution in [3.63, 3.8) is 0 Å². The number of carbonyl (C=O) groups is 5. The minimum atomic E-state index is -1.06. The number of nitrogens with one attached hydrogen (secondary N) is 1. The molecular formula is C33H29N3O9. The second-order valence-corrected chi connectivity index (χ2v) is 11.3. The summed E-state index contributed by atoms with van der Waals surface area (Å²) in [5.41, 5.74) is 3.34. The topological polar surface area (TPSA) is 146 Å². The fourth-order valence-corrected chi connectivity index (χ4v) is 6.82. The van der Waals surface area contributed by atoms with Crippen LogP contribution in [0.15, 0.2) is 48.5 Å². The molecule has 2 aliphatic rings. The number of nitrogens with zero attached hydrogens (tertiary/aromatic N) is 2. The zero-order valence-electron chi connectivity index (χ0n) is 24.9. The van der Waals surface area contributed by atoms with Crippen LogP contribution < -0.4 is 0 Å². The van der Waals surface area contributed by atoms with Gasteiger partial charge in [0.05, 0.1) is 27.7 Å². The Balaban J connectivity index is 1.55. The van der Waals surface area contributed by atoms with Gasteiger partial charge in [-0.2, -0.15) is 0 Å². The molecular weight excluding hydrogens is 582 g/mol. The SMILES string of the molecule is CC(=O)OC[C@H]1O[C@H](n2c3ccccc3c3c4c(c5c6ccccc6[nH]c5c32)C(=O)N(C)C4=O)C[C@@H](OC(C)=O)[C@@H]1OC(C)=O. The fraction of sp³-hybridized carbons (Fsp3) is 0.303. The van der Waals surface area contributed by atoms with Crippen molar-refractivity contribution in [2.75, 3.05) is 13.7 Å². The third-order valence-electron chi connectivity index (χ3n) is 8.50. The first-order chi connectivity index (χ1) is 21.6. The number of rotatable bonds is 5. The number of H-pyrrole nitrogens is 1. The van der Waals surface area contributed by atoms with Crippen molar-refractivity contribution < 1.29 is 42.9 Å². The number of aromatic nitrogens is 2. The van der Waals surface area contributed by atoms with Crippen molar-refractivity contribution in [1.29, 1.82) is 0 Å². The zero-order chi connectivity index (χ0) is 31.7. The molecule has 5 aromatic rings. The lowest BCUT2D eigenvalue weighted by molar-refractivity contribution is -0.225. The minimum absolute atomic E-state index is 0.0630. The molecule has 45 heavy (non-hydrogen) atoms. The number of amides is 2. The standard InChI is InChI=1S/C33H29N3O9/c1-15(37)42-14-23-31(44-17(3)39)22(43-16(2)38)13-24(45-23)36-21-12-8-6-10-19(21)26-28-27(32(40)35(4)33(28)41)25-18-9-5-7-11-20(18)34-29(25)30(26)36/h5-12,22-24,31,34H,13-14H2,1-4H3/t22-,23-,24+,31+/m1/s1. The lowest BCUT2D eigenvalue weighted by atomic mass is 9.96. The molecule has 12 heteroatoms. The van der Waals surface area contributed by atoms with Gasteiger partial charge < -0.3 is 28.5 Å². The highest BCUT2D eigenvalue weighted by molar-refractivity contribution is 6.39. The van der Waals surface area contributed by atoms with E-state index in [1.807, 2.05) is 53.1 Å². The monoisotopic (exact) mass is 611 g/mol. The van der Waals surface area contributed by atoms with Gasteiger partial charge in [0.1, 0.15) is 25.0 Å². The molecule has 4 heterocycles. The summed E-state index contributed by atoms with van der Waals surface area (Å²) in [6.45, 7) is 3.47. The van der Waals surface area contributed by atoms with Gasteiger partial charge in [0.15, 0.2) is 6.10 Å². The van der Waals surface area contributed by atoms with Crippen LogP contribution in [0, 0.1) is 0 Å². The van der Waals surface area contributed by atoms with Crippen LogP contribution in [0.1, 0.15) is 54.1 Å². The van der Waals surface area contributed by atoms with Gasteiger partial charge in [-0.1, -0.05) is 36.4 Å². The highest BCUT2D eigenvalue weighted by Crippen LogP contribution is 2.47. The molecule has 2 aliphatic heterocycles. The number of hydrogen-bond donors (Lipinski definition) is 1. The molecule has 1 N–H and O–H groups in total. The van der Waals surface area contributed by atoms with E-state index in [9.17, 15) is 24.0 Å². The summed E-state index contributed by atoms with van der Waals surface area (Å²) in [5.74, 6) is -2.58. The maximum absolute atomic E-state index is 13.8. The maximum atomic E-state index is 13.8. The molecule has 230 valence electrons. The van der Waals surface area contributed by atoms with Gasteiger partial charge in [-0.15, -0.1) is 0 Å². The van der Waals surface area contributed by atoms with Gasteiger partial charge in [0, 0.05) is 61.3 Å². The number of ether oxygens (including phenoxy) is 4. The van der Waals surface area contributed by atoms with E-state index in [1.54, 1.807) is 0 Å². The lowest BCUT2D eigenvalue weighted by Gasteiger charge is -2.41. The van der Waals surface area contributed by atoms with Crippen molar-refractivity contribution in [3.05, 3.63) is 59.7 Å². The second-order valence-electron chi connectivity index (χ2n) is 11.3. The van der Waals surface area contributed by atoms with Crippen LogP contribution in [0.25, 0.3) is 43.6 Å². The molecule has 0 saturated carbocycles. The highest BCUT2D eigenvalue weighted by Gasteiger charge is 2.46. The van der Waals surface area contributed by atoms with Gasteiger partial charge in [-0.25, -0.2) is 0 Å². The predicted octanol–water partition coefficient (Wildman–Crippen LogP) is 4.37. The molecule has 2 amide bonds. The first kappa shape index (κ1) is 28.5. The molecule has 0 unspecified atom stereocenters. The number of benzene rings is 3. The van der Waals surface area contributed by atoms with Crippen LogP contribution in [0.2, 0.25) is 0 Å². The first-order valence-corrected chi connectivity index (χ1v) is 14.5. The Bertz CT molecular complexity index is 2110. The molecule has 0 aliphatic carbocycles. The summed E-state index contributed by atoms with van der Waals surface area (Å²) in [5, 5.41) is 2.69. The number of esters is 3. The first-order valence-electron chi connectivity index (χ1n) is 14.5. The lowest BCUT2D eigenvalue weighted by Crippen LogP contribution is -2.52. The van der Waals surface area contributed by atoms with E-state index >= 15 is 0 Å². The quantitative estimate of drug-likeness (QED) is 0.174. The molecule has 3 aromatic carbocycles. The van der Waals surface area contributed by atoms with Crippen molar-refractivity contribution in [3.8, 4) is 0 Å². The zero-order valence-corrected chi connectivity index (χ0v) is 24.9. The van der Waals surface area contributed by atoms with Crippen molar-refractivity contribution >= 4 is 73.3 Å². The summed E-state index contributed by atoms with van der Waals surface area (Å²) < 4.78 is 25.0. The fourth-order valence-electron chi connectivity index (χ4n) is 6.82. The van der Waals surface area contributed by atoms with Crippen LogP contribution in [-0.4, -0.2) is 76.1 Å². The number of fused-ring (bicyclic) bond motifs is 10. The molecule has 0 radical (unpaired) electrons. The minimum Gasteiger partial charge on any atom is -0.463 e. The Kier molecular flexibility index (Phi) is 6.62. The van der Waals surface area contributed by atoms with Gasteiger partial charge in [0.25, 0.3) is 11.8 Å². The third kappa shape index (κ3) is 4.35. The van der Waals surface area contributed by atoms with Crippen LogP contribution >= 0.6 is 0 Å². The van der Waals surface area contributed by atoms with Crippen LogP contribution in [0.5, 0.6) is 0 Å². The Morgan fingerprint density at radius 2 is 1.51 bits per heavy atom. The van der Waals surface area contributed by atoms with E-state index in [0.29, 0.717) is 43.8 Å². The van der Waals surface area contributed by atoms with E-state index in [2.05, 4.69) is 4.98 Å². The molecule has 1 fully saturated rings. The van der Waals surface area contributed by atoms with Crippen LogP contribution in [-0.2, 0) is 33.3 Å². The van der Waals surface area contributed by atoms with Gasteiger partial charge >= 0.3 is 17.9 Å². The number of aromatic amines is 1. The van der Waals surface area contributed by atoms with E-state index in [-0.39, 0.29) is 13.0 Å². The highest BCUT2D eigenvalue weighted by atomic mass is 16.6. The number of para-hydroxylation sites is 2. The van der Waals surface area contributed by atoms with E-state index in [4.69, 9.17) is 18.9 Å². The summed E-state index contributed by atoms with van der Waals surface area (Å²) in [4.78, 5) is 68.2. The number of carbonyl (C=O) groups excluding carboxylic acids is 5. The average Bonchev–Trinajstić information content (AvgIpc) is 3.61. The molecule has 2 aromatic heterocycles. The summed E-state index contributed by atoms with van der Waals surface area (Å²) >= 11 is 0. The van der Waals surface area contributed by atoms with E-state index in [0.717, 1.165) is 15.8 Å². The van der Waals surface area contributed by atoms with Crippen molar-refractivity contribution in [1.82, 2.24) is 14.5 Å². The summed E-state index contributed by atoms with van der Waals surface area (Å²) in [6.07, 6.45) is -3.79. The van der Waals surface area contributed by atoms with Crippen LogP contribution in [0.4, 0.5) is 0 Å². The molecule has 12 nitrogen and oxygen atoms in total. The Morgan fingerprint density at radius 1 is 0.867 bits per heavy atom. The number of hydrogen-bond acceptors (Lipinski definition) is 9. The van der Waals surface area contributed by atoms with Crippen molar-refractivity contribution in [2.24, 2.45) is 0 Å². The summed E-state index contributed by atoms with van der Waals surface area (Å²) in [6, 6.07) is 15.0. The molecule has 4 atom stereocenters. The van der Waals surface area contributed by atoms with E-state index in [1.165, 1.54) is 27.8 Å². The average molecular weight is 612 g/mol. The predicted molar refractivity (Wildman–Crippen MR) is 161 cm³/mol. The smallest absolute Gasteiger partial charge is 0.303 e. The largest absolute Gasteiger partial charge is 0.463 e. The van der Waals surface area contributed by atoms with Gasteiger partial charge in [-0.3, -0.25) is 28.9 Å². The Hall–Kier alpha value is -5.23. The maximum Gasteiger partial charge on any atom is 0.303 e. The summed E-state index contributed by atoms with van der Waals surface area (Å²) in [7, 11) is 1.47. The van der Waals surface area contributed by atoms with E-state index < -0.39 is 54.3 Å². The second kappa shape index (κ2) is 10.4. The van der Waals surface area contributed by atoms with Crippen LogP contribution in [0.3, 0.4) is 0 Å². The normalized spacial score (nSPS) is 21.6.